The molecule has 4 heteroatoms. The first-order valence-electron chi connectivity index (χ1n) is 8.73. The van der Waals surface area contributed by atoms with Gasteiger partial charge in [-0.3, -0.25) is 9.59 Å². The smallest absolute Gasteiger partial charge is 0.202 e. The van der Waals surface area contributed by atoms with Crippen LogP contribution < -0.4 is 4.74 Å². The van der Waals surface area contributed by atoms with Crippen LogP contribution >= 0.6 is 0 Å². The minimum atomic E-state index is -0.0282. The molecule has 0 fully saturated rings. The highest BCUT2D eigenvalue weighted by atomic mass is 16.5. The molecule has 25 heavy (non-hydrogen) atoms. The van der Waals surface area contributed by atoms with Crippen LogP contribution in [0.25, 0.3) is 0 Å². The number of carbonyl (C=O) groups is 2. The summed E-state index contributed by atoms with van der Waals surface area (Å²) in [6.45, 7) is 10.9. The Morgan fingerprint density at radius 2 is 1.76 bits per heavy atom. The lowest BCUT2D eigenvalue weighted by Crippen LogP contribution is -2.13. The molecular formula is C21H27NO3. The second-order valence-electron chi connectivity index (χ2n) is 6.91. The van der Waals surface area contributed by atoms with E-state index in [2.05, 4.69) is 18.4 Å². The molecule has 0 radical (unpaired) electrons. The minimum Gasteiger partial charge on any atom is -0.485 e. The number of benzene rings is 1. The molecule has 1 aromatic heterocycles. The first kappa shape index (κ1) is 19.0. The highest BCUT2D eigenvalue weighted by Crippen LogP contribution is 2.19. The third kappa shape index (κ3) is 4.81. The largest absolute Gasteiger partial charge is 0.485 e. The van der Waals surface area contributed by atoms with Crippen molar-refractivity contribution in [2.45, 2.75) is 47.6 Å². The van der Waals surface area contributed by atoms with Gasteiger partial charge < -0.3 is 9.30 Å². The lowest BCUT2D eigenvalue weighted by Gasteiger charge is -2.11. The summed E-state index contributed by atoms with van der Waals surface area (Å²) in [5.41, 5.74) is 3.46. The fraction of sp³-hybridized carbons (Fsp3) is 0.429. The number of ether oxygens (including phenoxy) is 1. The Hall–Kier alpha value is -2.36. The average Bonchev–Trinajstić information content (AvgIpc) is 2.85. The summed E-state index contributed by atoms with van der Waals surface area (Å²) < 4.78 is 7.79. The van der Waals surface area contributed by atoms with Crippen LogP contribution in [0.3, 0.4) is 0 Å². The number of rotatable bonds is 8. The van der Waals surface area contributed by atoms with Gasteiger partial charge >= 0.3 is 0 Å². The molecule has 0 bridgehead atoms. The van der Waals surface area contributed by atoms with E-state index in [1.165, 1.54) is 6.92 Å². The zero-order valence-electron chi connectivity index (χ0n) is 15.8. The van der Waals surface area contributed by atoms with Crippen LogP contribution in [0, 0.1) is 19.8 Å². The molecule has 0 saturated carbocycles. The van der Waals surface area contributed by atoms with E-state index in [0.29, 0.717) is 17.2 Å². The molecule has 4 nitrogen and oxygen atoms in total. The summed E-state index contributed by atoms with van der Waals surface area (Å²) in [7, 11) is 0. The molecule has 2 rings (SSSR count). The Balaban J connectivity index is 2.03. The summed E-state index contributed by atoms with van der Waals surface area (Å²) in [5, 5.41) is 0. The Morgan fingerprint density at radius 3 is 2.32 bits per heavy atom. The Labute approximate surface area is 149 Å². The maximum absolute atomic E-state index is 12.5. The van der Waals surface area contributed by atoms with Crippen LogP contribution in [-0.2, 0) is 6.54 Å². The van der Waals surface area contributed by atoms with Crippen molar-refractivity contribution >= 4 is 11.6 Å². The van der Waals surface area contributed by atoms with Crippen molar-refractivity contribution in [2.75, 3.05) is 6.61 Å². The number of nitrogens with zero attached hydrogens (tertiary/aromatic N) is 1. The summed E-state index contributed by atoms with van der Waals surface area (Å²) in [4.78, 5) is 23.8. The number of aryl methyl sites for hydroxylation is 1. The lowest BCUT2D eigenvalue weighted by molar-refractivity contribution is 0.0919. The molecule has 0 N–H and O–H groups in total. The first-order valence-corrected chi connectivity index (χ1v) is 8.73. The maximum Gasteiger partial charge on any atom is 0.202 e. The van der Waals surface area contributed by atoms with Gasteiger partial charge in [-0.15, -0.1) is 0 Å². The molecule has 0 aliphatic carbocycles. The lowest BCUT2D eigenvalue weighted by atomic mass is 10.1. The van der Waals surface area contributed by atoms with E-state index in [4.69, 9.17) is 4.74 Å². The third-order valence-corrected chi connectivity index (χ3v) is 4.43. The Morgan fingerprint density at radius 1 is 1.12 bits per heavy atom. The Bertz CT molecular complexity index is 754. The van der Waals surface area contributed by atoms with Gasteiger partial charge in [0, 0.05) is 29.1 Å². The highest BCUT2D eigenvalue weighted by molar-refractivity contribution is 5.98. The van der Waals surface area contributed by atoms with Crippen molar-refractivity contribution in [3.05, 3.63) is 52.8 Å². The summed E-state index contributed by atoms with van der Waals surface area (Å²) in [6, 6.07) is 8.80. The first-order chi connectivity index (χ1) is 11.8. The SMILES string of the molecule is CC(=O)c1ccc(OCC(=O)c2cc(C)n(CCC(C)C)c2C)cc1. The number of hydrogen-bond acceptors (Lipinski definition) is 3. The number of Topliss-reactive ketones (excluding diaryl/α,β-unsaturated/α-hetero) is 2. The molecule has 2 aromatic rings. The van der Waals surface area contributed by atoms with E-state index < -0.39 is 0 Å². The second kappa shape index (κ2) is 8.15. The second-order valence-corrected chi connectivity index (χ2v) is 6.91. The van der Waals surface area contributed by atoms with E-state index >= 15 is 0 Å². The van der Waals surface area contributed by atoms with Gasteiger partial charge in [-0.05, 0) is 63.4 Å². The van der Waals surface area contributed by atoms with Crippen molar-refractivity contribution in [3.63, 3.8) is 0 Å². The van der Waals surface area contributed by atoms with Crippen LogP contribution in [0.2, 0.25) is 0 Å². The van der Waals surface area contributed by atoms with Crippen molar-refractivity contribution in [2.24, 2.45) is 5.92 Å². The van der Waals surface area contributed by atoms with E-state index in [-0.39, 0.29) is 18.2 Å². The number of aromatic nitrogens is 1. The van der Waals surface area contributed by atoms with Gasteiger partial charge in [0.05, 0.1) is 0 Å². The molecule has 0 aliphatic rings. The molecule has 1 heterocycles. The van der Waals surface area contributed by atoms with Crippen LogP contribution in [0.1, 0.15) is 59.3 Å². The zero-order valence-corrected chi connectivity index (χ0v) is 15.8. The van der Waals surface area contributed by atoms with Gasteiger partial charge in [0.1, 0.15) is 5.75 Å². The molecule has 0 amide bonds. The molecule has 0 atom stereocenters. The zero-order chi connectivity index (χ0) is 18.6. The predicted molar refractivity (Wildman–Crippen MR) is 99.6 cm³/mol. The molecule has 0 saturated heterocycles. The van der Waals surface area contributed by atoms with Crippen molar-refractivity contribution < 1.29 is 14.3 Å². The van der Waals surface area contributed by atoms with Gasteiger partial charge in [0.25, 0.3) is 0 Å². The van der Waals surface area contributed by atoms with Crippen LogP contribution in [0.5, 0.6) is 5.75 Å². The third-order valence-electron chi connectivity index (χ3n) is 4.43. The Kier molecular flexibility index (Phi) is 6.18. The fourth-order valence-electron chi connectivity index (χ4n) is 2.83. The normalized spacial score (nSPS) is 11.0. The topological polar surface area (TPSA) is 48.3 Å². The molecule has 0 unspecified atom stereocenters. The minimum absolute atomic E-state index is 0.00606. The van der Waals surface area contributed by atoms with E-state index in [1.807, 2.05) is 19.9 Å². The summed E-state index contributed by atoms with van der Waals surface area (Å²) >= 11 is 0. The number of carbonyl (C=O) groups excluding carboxylic acids is 2. The van der Waals surface area contributed by atoms with Gasteiger partial charge in [-0.1, -0.05) is 13.8 Å². The molecule has 0 aliphatic heterocycles. The van der Waals surface area contributed by atoms with E-state index in [9.17, 15) is 9.59 Å². The number of ketones is 2. The number of hydrogen-bond donors (Lipinski definition) is 0. The van der Waals surface area contributed by atoms with Crippen LogP contribution in [-0.4, -0.2) is 22.7 Å². The average molecular weight is 341 g/mol. The van der Waals surface area contributed by atoms with Gasteiger partial charge in [-0.25, -0.2) is 0 Å². The van der Waals surface area contributed by atoms with Gasteiger partial charge in [0.15, 0.2) is 12.4 Å². The van der Waals surface area contributed by atoms with Crippen LogP contribution in [0.15, 0.2) is 30.3 Å². The predicted octanol–water partition coefficient (Wildman–Crippen LogP) is 4.62. The standard InChI is InChI=1S/C21H27NO3/c1-14(2)10-11-22-15(3)12-20(16(22)4)21(24)13-25-19-8-6-18(7-9-19)17(5)23/h6-9,12,14H,10-11,13H2,1-5H3. The summed E-state index contributed by atoms with van der Waals surface area (Å²) in [5.74, 6) is 1.20. The monoisotopic (exact) mass is 341 g/mol. The van der Waals surface area contributed by atoms with Crippen molar-refractivity contribution in [1.29, 1.82) is 0 Å². The fourth-order valence-corrected chi connectivity index (χ4v) is 2.83. The van der Waals surface area contributed by atoms with E-state index in [1.54, 1.807) is 24.3 Å². The van der Waals surface area contributed by atoms with Crippen LogP contribution in [0.4, 0.5) is 0 Å². The van der Waals surface area contributed by atoms with Crippen molar-refractivity contribution in [3.8, 4) is 5.75 Å². The maximum atomic E-state index is 12.5. The molecule has 134 valence electrons. The molecule has 0 spiro atoms. The highest BCUT2D eigenvalue weighted by Gasteiger charge is 2.16. The molecular weight excluding hydrogens is 314 g/mol. The van der Waals surface area contributed by atoms with Gasteiger partial charge in [-0.2, -0.15) is 0 Å². The van der Waals surface area contributed by atoms with Gasteiger partial charge in [0.2, 0.25) is 5.78 Å². The van der Waals surface area contributed by atoms with Crippen molar-refractivity contribution in [1.82, 2.24) is 4.57 Å². The quantitative estimate of drug-likeness (QED) is 0.659. The summed E-state index contributed by atoms with van der Waals surface area (Å²) in [6.07, 6.45) is 1.09. The molecule has 1 aromatic carbocycles. The van der Waals surface area contributed by atoms with E-state index in [0.717, 1.165) is 29.9 Å².